The van der Waals surface area contributed by atoms with Crippen molar-refractivity contribution in [3.05, 3.63) is 35.3 Å². The summed E-state index contributed by atoms with van der Waals surface area (Å²) in [5.41, 5.74) is 1.68. The van der Waals surface area contributed by atoms with Crippen LogP contribution in [0.2, 0.25) is 0 Å². The van der Waals surface area contributed by atoms with Crippen LogP contribution in [0, 0.1) is 12.7 Å². The summed E-state index contributed by atoms with van der Waals surface area (Å²) in [4.78, 5) is 6.85. The molecule has 1 fully saturated rings. The van der Waals surface area contributed by atoms with Crippen LogP contribution in [0.5, 0.6) is 0 Å². The number of likely N-dealkylation sites (tertiary alicyclic amines) is 1. The quantitative estimate of drug-likeness (QED) is 0.379. The Morgan fingerprint density at radius 1 is 1.33 bits per heavy atom. The highest BCUT2D eigenvalue weighted by Crippen LogP contribution is 2.25. The molecule has 0 radical (unpaired) electrons. The van der Waals surface area contributed by atoms with Crippen LogP contribution >= 0.6 is 24.0 Å². The summed E-state index contributed by atoms with van der Waals surface area (Å²) in [6.07, 6.45) is 3.47. The molecule has 0 atom stereocenters. The highest BCUT2D eigenvalue weighted by atomic mass is 127. The van der Waals surface area contributed by atoms with Crippen molar-refractivity contribution in [3.63, 3.8) is 0 Å². The Kier molecular flexibility index (Phi) is 8.34. The predicted molar refractivity (Wildman–Crippen MR) is 119 cm³/mol. The zero-order valence-corrected chi connectivity index (χ0v) is 18.7. The molecule has 1 aromatic carbocycles. The molecule has 2 N–H and O–H groups in total. The number of benzene rings is 1. The van der Waals surface area contributed by atoms with Crippen LogP contribution in [0.25, 0.3) is 11.0 Å². The van der Waals surface area contributed by atoms with E-state index in [2.05, 4.69) is 27.4 Å². The smallest absolute Gasteiger partial charge is 0.191 e. The van der Waals surface area contributed by atoms with Gasteiger partial charge in [-0.1, -0.05) is 6.92 Å². The van der Waals surface area contributed by atoms with E-state index in [1.807, 2.05) is 6.92 Å². The first-order chi connectivity index (χ1) is 12.6. The third kappa shape index (κ3) is 5.57. The third-order valence-electron chi connectivity index (χ3n) is 5.11. The Hall–Kier alpha value is -1.35. The number of fused-ring (bicyclic) bond motifs is 1. The zero-order chi connectivity index (χ0) is 18.5. The van der Waals surface area contributed by atoms with Crippen LogP contribution in [0.3, 0.4) is 0 Å². The van der Waals surface area contributed by atoms with E-state index < -0.39 is 0 Å². The van der Waals surface area contributed by atoms with Crippen LogP contribution in [0.1, 0.15) is 37.5 Å². The molecule has 1 aliphatic heterocycles. The number of nitrogens with zero attached hydrogens (tertiary/aromatic N) is 2. The van der Waals surface area contributed by atoms with Crippen LogP contribution in [-0.4, -0.2) is 43.6 Å². The molecule has 0 bridgehead atoms. The minimum Gasteiger partial charge on any atom is -0.459 e. The van der Waals surface area contributed by atoms with Gasteiger partial charge in [-0.05, 0) is 50.9 Å². The maximum Gasteiger partial charge on any atom is 0.191 e. The summed E-state index contributed by atoms with van der Waals surface area (Å²) in [6.45, 7) is 8.17. The number of hydrogen-bond donors (Lipinski definition) is 2. The first-order valence-corrected chi connectivity index (χ1v) is 9.47. The van der Waals surface area contributed by atoms with E-state index in [4.69, 9.17) is 4.42 Å². The SMILES string of the molecule is CCCN1CCC(NC(=NC)NCc2oc3ccc(F)cc3c2C)CC1.I. The van der Waals surface area contributed by atoms with Crippen molar-refractivity contribution < 1.29 is 8.81 Å². The summed E-state index contributed by atoms with van der Waals surface area (Å²) in [5.74, 6) is 1.35. The molecule has 0 spiro atoms. The Bertz CT molecular complexity index is 769. The molecule has 27 heavy (non-hydrogen) atoms. The third-order valence-corrected chi connectivity index (χ3v) is 5.11. The highest BCUT2D eigenvalue weighted by Gasteiger charge is 2.19. The first-order valence-electron chi connectivity index (χ1n) is 9.47. The lowest BCUT2D eigenvalue weighted by Gasteiger charge is -2.32. The van der Waals surface area contributed by atoms with E-state index in [0.29, 0.717) is 18.2 Å². The highest BCUT2D eigenvalue weighted by molar-refractivity contribution is 14.0. The molecule has 2 heterocycles. The van der Waals surface area contributed by atoms with E-state index in [1.165, 1.54) is 25.1 Å². The molecule has 2 aromatic rings. The predicted octanol–water partition coefficient (Wildman–Crippen LogP) is 4.04. The standard InChI is InChI=1S/C20H29FN4O.HI/c1-4-9-25-10-7-16(8-11-25)24-20(22-3)23-13-19-14(2)17-12-15(21)5-6-18(17)26-19;/h5-6,12,16H,4,7-11,13H2,1-3H3,(H2,22,23,24);1H. The van der Waals surface area contributed by atoms with Gasteiger partial charge in [-0.2, -0.15) is 0 Å². The molecule has 0 amide bonds. The summed E-state index contributed by atoms with van der Waals surface area (Å²) >= 11 is 0. The van der Waals surface area contributed by atoms with Gasteiger partial charge >= 0.3 is 0 Å². The monoisotopic (exact) mass is 488 g/mol. The average molecular weight is 488 g/mol. The van der Waals surface area contributed by atoms with Crippen LogP contribution in [0.4, 0.5) is 4.39 Å². The van der Waals surface area contributed by atoms with Crippen molar-refractivity contribution in [2.45, 2.75) is 45.7 Å². The molecule has 150 valence electrons. The van der Waals surface area contributed by atoms with Gasteiger partial charge in [-0.25, -0.2) is 4.39 Å². The molecular weight excluding hydrogens is 458 g/mol. The van der Waals surface area contributed by atoms with Gasteiger partial charge in [0.25, 0.3) is 0 Å². The van der Waals surface area contributed by atoms with Gasteiger partial charge in [0.2, 0.25) is 0 Å². The number of halogens is 2. The summed E-state index contributed by atoms with van der Waals surface area (Å²) < 4.78 is 19.3. The lowest BCUT2D eigenvalue weighted by atomic mass is 10.1. The van der Waals surface area contributed by atoms with Crippen molar-refractivity contribution in [3.8, 4) is 0 Å². The topological polar surface area (TPSA) is 52.8 Å². The van der Waals surface area contributed by atoms with Gasteiger partial charge in [0.15, 0.2) is 5.96 Å². The molecule has 3 rings (SSSR count). The summed E-state index contributed by atoms with van der Waals surface area (Å²) in [5, 5.41) is 7.66. The minimum absolute atomic E-state index is 0. The number of guanidine groups is 1. The molecule has 0 aliphatic carbocycles. The maximum atomic E-state index is 13.4. The molecule has 0 unspecified atom stereocenters. The molecule has 1 saturated heterocycles. The first kappa shape index (κ1) is 21.9. The van der Waals surface area contributed by atoms with E-state index in [0.717, 1.165) is 48.6 Å². The Labute approximate surface area is 177 Å². The van der Waals surface area contributed by atoms with Crippen LogP contribution < -0.4 is 10.6 Å². The van der Waals surface area contributed by atoms with Gasteiger partial charge in [0.05, 0.1) is 6.54 Å². The normalized spacial score (nSPS) is 16.4. The number of hydrogen-bond acceptors (Lipinski definition) is 3. The van der Waals surface area contributed by atoms with Crippen LogP contribution in [0.15, 0.2) is 27.6 Å². The van der Waals surface area contributed by atoms with Crippen molar-refractivity contribution in [2.24, 2.45) is 4.99 Å². The second-order valence-corrected chi connectivity index (χ2v) is 6.98. The Balaban J connectivity index is 0.00000261. The fraction of sp³-hybridized carbons (Fsp3) is 0.550. The van der Waals surface area contributed by atoms with Gasteiger partial charge in [-0.15, -0.1) is 24.0 Å². The van der Waals surface area contributed by atoms with Gasteiger partial charge in [0.1, 0.15) is 17.2 Å². The van der Waals surface area contributed by atoms with E-state index in [9.17, 15) is 4.39 Å². The Morgan fingerprint density at radius 3 is 2.74 bits per heavy atom. The van der Waals surface area contributed by atoms with Gasteiger partial charge in [-0.3, -0.25) is 4.99 Å². The number of rotatable bonds is 5. The molecule has 0 saturated carbocycles. The largest absolute Gasteiger partial charge is 0.459 e. The number of aryl methyl sites for hydroxylation is 1. The lowest BCUT2D eigenvalue weighted by molar-refractivity contribution is 0.206. The average Bonchev–Trinajstić information content (AvgIpc) is 2.96. The summed E-state index contributed by atoms with van der Waals surface area (Å²) in [7, 11) is 1.78. The van der Waals surface area contributed by atoms with Crippen molar-refractivity contribution >= 4 is 40.9 Å². The second kappa shape index (κ2) is 10.3. The zero-order valence-electron chi connectivity index (χ0n) is 16.3. The van der Waals surface area contributed by atoms with Gasteiger partial charge < -0.3 is 20.0 Å². The second-order valence-electron chi connectivity index (χ2n) is 6.98. The van der Waals surface area contributed by atoms with Crippen LogP contribution in [-0.2, 0) is 6.54 Å². The van der Waals surface area contributed by atoms with Crippen molar-refractivity contribution in [1.82, 2.24) is 15.5 Å². The van der Waals surface area contributed by atoms with E-state index in [-0.39, 0.29) is 29.8 Å². The Morgan fingerprint density at radius 2 is 2.07 bits per heavy atom. The maximum absolute atomic E-state index is 13.4. The molecule has 1 aromatic heterocycles. The number of aliphatic imine (C=N–C) groups is 1. The van der Waals surface area contributed by atoms with E-state index in [1.54, 1.807) is 13.1 Å². The lowest BCUT2D eigenvalue weighted by Crippen LogP contribution is -2.48. The number of nitrogens with one attached hydrogen (secondary N) is 2. The molecule has 5 nitrogen and oxygen atoms in total. The van der Waals surface area contributed by atoms with Crippen molar-refractivity contribution in [2.75, 3.05) is 26.7 Å². The fourth-order valence-electron chi connectivity index (χ4n) is 3.58. The molecule has 1 aliphatic rings. The van der Waals surface area contributed by atoms with E-state index >= 15 is 0 Å². The number of furan rings is 1. The molecule has 7 heteroatoms. The van der Waals surface area contributed by atoms with Crippen molar-refractivity contribution in [1.29, 1.82) is 0 Å². The number of piperidine rings is 1. The fourth-order valence-corrected chi connectivity index (χ4v) is 3.58. The molecular formula is C20H30FIN4O. The minimum atomic E-state index is -0.243. The summed E-state index contributed by atoms with van der Waals surface area (Å²) in [6, 6.07) is 5.07. The van der Waals surface area contributed by atoms with Gasteiger partial charge in [0, 0.05) is 37.1 Å².